The molecule has 2 N–H and O–H groups in total. The normalized spacial score (nSPS) is 17.1. The zero-order chi connectivity index (χ0) is 19.8. The summed E-state index contributed by atoms with van der Waals surface area (Å²) in [5.41, 5.74) is 1.39. The number of alkyl carbamates (subject to hydrolysis) is 1. The molecule has 1 unspecified atom stereocenters. The van der Waals surface area contributed by atoms with Crippen LogP contribution in [0.1, 0.15) is 25.0 Å². The van der Waals surface area contributed by atoms with Crippen molar-refractivity contribution in [1.29, 1.82) is 0 Å². The number of anilines is 1. The van der Waals surface area contributed by atoms with Gasteiger partial charge in [0, 0.05) is 38.7 Å². The van der Waals surface area contributed by atoms with Crippen molar-refractivity contribution in [2.45, 2.75) is 19.4 Å². The Bertz CT molecular complexity index is 707. The van der Waals surface area contributed by atoms with Crippen LogP contribution in [0.15, 0.2) is 36.9 Å². The zero-order valence-corrected chi connectivity index (χ0v) is 15.7. The molecule has 1 aliphatic rings. The van der Waals surface area contributed by atoms with Crippen molar-refractivity contribution in [1.82, 2.24) is 15.5 Å². The van der Waals surface area contributed by atoms with Crippen molar-refractivity contribution < 1.29 is 19.1 Å². The van der Waals surface area contributed by atoms with Crippen LogP contribution in [-0.2, 0) is 9.53 Å². The number of amides is 4. The topological polar surface area (TPSA) is 91.0 Å². The lowest BCUT2D eigenvalue weighted by Crippen LogP contribution is -2.46. The van der Waals surface area contributed by atoms with Gasteiger partial charge in [0.05, 0.1) is 5.69 Å². The molecule has 4 amide bonds. The van der Waals surface area contributed by atoms with Crippen LogP contribution in [0.25, 0.3) is 0 Å². The van der Waals surface area contributed by atoms with Gasteiger partial charge in [-0.25, -0.2) is 9.59 Å². The van der Waals surface area contributed by atoms with Crippen LogP contribution in [0, 0.1) is 0 Å². The minimum absolute atomic E-state index is 0.0678. The van der Waals surface area contributed by atoms with Crippen LogP contribution < -0.4 is 15.5 Å². The summed E-state index contributed by atoms with van der Waals surface area (Å²) in [5.74, 6) is -0.227. The summed E-state index contributed by atoms with van der Waals surface area (Å²) >= 11 is 0. The molecule has 0 fully saturated rings. The van der Waals surface area contributed by atoms with E-state index in [9.17, 15) is 14.4 Å². The number of hydrogen-bond acceptors (Lipinski definition) is 4. The second-order valence-corrected chi connectivity index (χ2v) is 6.12. The number of ether oxygens (including phenoxy) is 1. The van der Waals surface area contributed by atoms with E-state index in [4.69, 9.17) is 4.74 Å². The van der Waals surface area contributed by atoms with E-state index in [1.165, 1.54) is 9.80 Å². The Kier molecular flexibility index (Phi) is 7.22. The summed E-state index contributed by atoms with van der Waals surface area (Å²) in [6.45, 7) is 6.32. The summed E-state index contributed by atoms with van der Waals surface area (Å²) in [4.78, 5) is 39.9. The molecule has 0 aromatic heterocycles. The average molecular weight is 374 g/mol. The monoisotopic (exact) mass is 374 g/mol. The summed E-state index contributed by atoms with van der Waals surface area (Å²) in [5, 5.41) is 5.29. The maximum atomic E-state index is 12.7. The van der Waals surface area contributed by atoms with Gasteiger partial charge in [-0.1, -0.05) is 24.3 Å². The van der Waals surface area contributed by atoms with Gasteiger partial charge in [0.2, 0.25) is 5.91 Å². The molecule has 1 aliphatic heterocycles. The number of carbonyl (C=O) groups is 3. The second kappa shape index (κ2) is 9.61. The van der Waals surface area contributed by atoms with Gasteiger partial charge in [-0.2, -0.15) is 0 Å². The highest BCUT2D eigenvalue weighted by Gasteiger charge is 2.29. The van der Waals surface area contributed by atoms with Gasteiger partial charge >= 0.3 is 12.1 Å². The van der Waals surface area contributed by atoms with Crippen LogP contribution in [0.5, 0.6) is 0 Å². The number of urea groups is 1. The van der Waals surface area contributed by atoms with Crippen LogP contribution in [0.2, 0.25) is 0 Å². The molecule has 2 rings (SSSR count). The zero-order valence-electron chi connectivity index (χ0n) is 15.7. The molecule has 8 heteroatoms. The third-order valence-electron chi connectivity index (χ3n) is 4.26. The van der Waals surface area contributed by atoms with E-state index in [2.05, 4.69) is 17.2 Å². The van der Waals surface area contributed by atoms with E-state index < -0.39 is 12.2 Å². The standard InChI is InChI=1S/C19H26N4O4/c1-4-11-21-18(25)23-12-10-16(27-19(26)20-5-2)14-8-6-7-9-15(14)22(3)17(24)13-23/h4,6-9,16H,1,5,10-13H2,2-3H3,(H,20,26)(H,21,25). The first-order chi connectivity index (χ1) is 13.0. The molecule has 0 saturated heterocycles. The maximum Gasteiger partial charge on any atom is 0.407 e. The second-order valence-electron chi connectivity index (χ2n) is 6.12. The van der Waals surface area contributed by atoms with E-state index in [0.29, 0.717) is 25.2 Å². The Morgan fingerprint density at radius 2 is 2.07 bits per heavy atom. The number of carbonyl (C=O) groups excluding carboxylic acids is 3. The SMILES string of the molecule is C=CCNC(=O)N1CCC(OC(=O)NCC)c2ccccc2N(C)C(=O)C1. The number of rotatable bonds is 4. The largest absolute Gasteiger partial charge is 0.441 e. The van der Waals surface area contributed by atoms with Crippen LogP contribution in [-0.4, -0.2) is 56.2 Å². The summed E-state index contributed by atoms with van der Waals surface area (Å²) in [7, 11) is 1.65. The lowest BCUT2D eigenvalue weighted by atomic mass is 10.0. The predicted molar refractivity (Wildman–Crippen MR) is 103 cm³/mol. The first-order valence-corrected chi connectivity index (χ1v) is 8.91. The number of para-hydroxylation sites is 1. The highest BCUT2D eigenvalue weighted by Crippen LogP contribution is 2.32. The number of hydrogen-bond donors (Lipinski definition) is 2. The number of benzene rings is 1. The van der Waals surface area contributed by atoms with Crippen molar-refractivity contribution >= 4 is 23.7 Å². The van der Waals surface area contributed by atoms with E-state index in [1.807, 2.05) is 18.2 Å². The Labute approximate surface area is 159 Å². The highest BCUT2D eigenvalue weighted by atomic mass is 16.6. The van der Waals surface area contributed by atoms with Gasteiger partial charge in [-0.15, -0.1) is 6.58 Å². The molecule has 0 radical (unpaired) electrons. The molecule has 1 atom stereocenters. The fourth-order valence-electron chi connectivity index (χ4n) is 2.86. The van der Waals surface area contributed by atoms with Crippen molar-refractivity contribution in [3.63, 3.8) is 0 Å². The molecule has 146 valence electrons. The molecule has 0 aliphatic carbocycles. The Balaban J connectivity index is 2.32. The lowest BCUT2D eigenvalue weighted by molar-refractivity contribution is -0.118. The van der Waals surface area contributed by atoms with Crippen molar-refractivity contribution in [3.8, 4) is 0 Å². The van der Waals surface area contributed by atoms with Gasteiger partial charge in [-0.3, -0.25) is 4.79 Å². The summed E-state index contributed by atoms with van der Waals surface area (Å²) in [6, 6.07) is 6.92. The van der Waals surface area contributed by atoms with E-state index in [-0.39, 0.29) is 25.0 Å². The predicted octanol–water partition coefficient (Wildman–Crippen LogP) is 2.04. The van der Waals surface area contributed by atoms with Crippen molar-refractivity contribution in [2.75, 3.05) is 38.1 Å². The third kappa shape index (κ3) is 5.22. The van der Waals surface area contributed by atoms with Crippen LogP contribution in [0.4, 0.5) is 15.3 Å². The molecule has 0 bridgehead atoms. The number of nitrogens with one attached hydrogen (secondary N) is 2. The number of nitrogens with zero attached hydrogens (tertiary/aromatic N) is 2. The van der Waals surface area contributed by atoms with Crippen LogP contribution >= 0.6 is 0 Å². The minimum Gasteiger partial charge on any atom is -0.441 e. The number of fused-ring (bicyclic) bond motifs is 1. The quantitative estimate of drug-likeness (QED) is 0.789. The molecule has 27 heavy (non-hydrogen) atoms. The van der Waals surface area contributed by atoms with E-state index >= 15 is 0 Å². The fraction of sp³-hybridized carbons (Fsp3) is 0.421. The first kappa shape index (κ1) is 20.3. The lowest BCUT2D eigenvalue weighted by Gasteiger charge is -2.24. The van der Waals surface area contributed by atoms with E-state index in [0.717, 1.165) is 5.56 Å². The Hall–Kier alpha value is -3.03. The molecule has 0 saturated carbocycles. The fourth-order valence-corrected chi connectivity index (χ4v) is 2.86. The molecular weight excluding hydrogens is 348 g/mol. The van der Waals surface area contributed by atoms with Crippen molar-refractivity contribution in [3.05, 3.63) is 42.5 Å². The average Bonchev–Trinajstić information content (AvgIpc) is 2.71. The first-order valence-electron chi connectivity index (χ1n) is 8.91. The summed E-state index contributed by atoms with van der Waals surface area (Å²) in [6.07, 6.45) is 0.819. The molecule has 0 spiro atoms. The van der Waals surface area contributed by atoms with Crippen molar-refractivity contribution in [2.24, 2.45) is 0 Å². The minimum atomic E-state index is -0.587. The Morgan fingerprint density at radius 3 is 2.78 bits per heavy atom. The van der Waals surface area contributed by atoms with E-state index in [1.54, 1.807) is 26.1 Å². The number of likely N-dealkylation sites (N-methyl/N-ethyl adjacent to an activating group) is 1. The van der Waals surface area contributed by atoms with Gasteiger partial charge < -0.3 is 25.2 Å². The maximum absolute atomic E-state index is 12.7. The van der Waals surface area contributed by atoms with Crippen LogP contribution in [0.3, 0.4) is 0 Å². The molecular formula is C19H26N4O4. The van der Waals surface area contributed by atoms with Gasteiger partial charge in [0.1, 0.15) is 12.6 Å². The molecule has 1 heterocycles. The Morgan fingerprint density at radius 1 is 1.33 bits per heavy atom. The van der Waals surface area contributed by atoms with Gasteiger partial charge in [-0.05, 0) is 13.0 Å². The smallest absolute Gasteiger partial charge is 0.407 e. The molecule has 1 aromatic rings. The van der Waals surface area contributed by atoms with Gasteiger partial charge in [0.15, 0.2) is 0 Å². The van der Waals surface area contributed by atoms with Gasteiger partial charge in [0.25, 0.3) is 0 Å². The highest BCUT2D eigenvalue weighted by molar-refractivity contribution is 5.97. The third-order valence-corrected chi connectivity index (χ3v) is 4.26. The molecule has 8 nitrogen and oxygen atoms in total. The summed E-state index contributed by atoms with van der Waals surface area (Å²) < 4.78 is 5.58. The molecule has 1 aromatic carbocycles.